The number of hydrogen-bond donors (Lipinski definition) is 2. The number of halogens is 1. The first-order valence-corrected chi connectivity index (χ1v) is 11.5. The van der Waals surface area contributed by atoms with E-state index in [2.05, 4.69) is 0 Å². The van der Waals surface area contributed by atoms with E-state index in [-0.39, 0.29) is 12.5 Å². The van der Waals surface area contributed by atoms with Crippen molar-refractivity contribution in [2.24, 2.45) is 0 Å². The van der Waals surface area contributed by atoms with E-state index in [1.54, 1.807) is 35.5 Å². The topological polar surface area (TPSA) is 118 Å². The molecule has 0 saturated heterocycles. The molecule has 0 saturated carbocycles. The standard InChI is InChI=1S/C24H28ClN3O7/c1-33-14-15-34-13-11-28-20-7-3-2-6-19(20)27(10-4-5-12-35-24(32)26-23(30)31)21-16-17(25)8-9-18(21)22(28)29/h2-3,6-9,16H,4-5,10-15H2,1H3,(H,26,32)(H,30,31). The Labute approximate surface area is 208 Å². The first-order chi connectivity index (χ1) is 16.9. The number of methoxy groups -OCH3 is 1. The lowest BCUT2D eigenvalue weighted by molar-refractivity contribution is 0.0722. The third kappa shape index (κ3) is 7.08. The zero-order valence-electron chi connectivity index (χ0n) is 19.4. The second-order valence-electron chi connectivity index (χ2n) is 7.64. The first-order valence-electron chi connectivity index (χ1n) is 11.1. The number of hydrogen-bond acceptors (Lipinski definition) is 7. The lowest BCUT2D eigenvalue weighted by Crippen LogP contribution is -2.33. The fourth-order valence-corrected chi connectivity index (χ4v) is 3.90. The summed E-state index contributed by atoms with van der Waals surface area (Å²) >= 11 is 6.30. The predicted octanol–water partition coefficient (Wildman–Crippen LogP) is 4.29. The fraction of sp³-hybridized carbons (Fsp3) is 0.375. The van der Waals surface area contributed by atoms with Crippen LogP contribution < -0.4 is 15.1 Å². The number of carboxylic acid groups (broad SMARTS) is 1. The van der Waals surface area contributed by atoms with Gasteiger partial charge in [0.05, 0.1) is 49.1 Å². The van der Waals surface area contributed by atoms with Gasteiger partial charge in [0.15, 0.2) is 0 Å². The molecule has 3 rings (SSSR count). The SMILES string of the molecule is COCCOCCN1C(=O)c2ccc(Cl)cc2N(CCCCOC(=O)NC(=O)O)c2ccccc21. The number of amides is 3. The van der Waals surface area contributed by atoms with E-state index in [1.807, 2.05) is 29.2 Å². The number of ether oxygens (including phenoxy) is 3. The normalized spacial score (nSPS) is 12.6. The Bertz CT molecular complexity index is 1050. The summed E-state index contributed by atoms with van der Waals surface area (Å²) < 4.78 is 15.5. The molecule has 0 radical (unpaired) electrons. The monoisotopic (exact) mass is 505 g/mol. The molecule has 1 aliphatic rings. The van der Waals surface area contributed by atoms with Gasteiger partial charge in [-0.15, -0.1) is 0 Å². The molecule has 0 unspecified atom stereocenters. The Kier molecular flexibility index (Phi) is 9.71. The van der Waals surface area contributed by atoms with Crippen molar-refractivity contribution in [2.45, 2.75) is 12.8 Å². The molecule has 188 valence electrons. The highest BCUT2D eigenvalue weighted by molar-refractivity contribution is 6.31. The van der Waals surface area contributed by atoms with Gasteiger partial charge in [-0.1, -0.05) is 23.7 Å². The van der Waals surface area contributed by atoms with Crippen molar-refractivity contribution in [2.75, 3.05) is 56.4 Å². The Morgan fingerprint density at radius 2 is 1.69 bits per heavy atom. The number of alkyl carbamates (subject to hydrolysis) is 1. The van der Waals surface area contributed by atoms with Crippen LogP contribution in [0.5, 0.6) is 0 Å². The highest BCUT2D eigenvalue weighted by Gasteiger charge is 2.30. The largest absolute Gasteiger partial charge is 0.465 e. The number of carbonyl (C=O) groups excluding carboxylic acids is 2. The number of unbranched alkanes of at least 4 members (excludes halogenated alkanes) is 1. The molecule has 2 aromatic rings. The average Bonchev–Trinajstić information content (AvgIpc) is 2.91. The van der Waals surface area contributed by atoms with Crippen LogP contribution in [0.25, 0.3) is 0 Å². The number of para-hydroxylation sites is 2. The second-order valence-corrected chi connectivity index (χ2v) is 8.07. The van der Waals surface area contributed by atoms with Crippen molar-refractivity contribution in [3.63, 3.8) is 0 Å². The molecule has 2 aromatic carbocycles. The minimum absolute atomic E-state index is 0.0564. The summed E-state index contributed by atoms with van der Waals surface area (Å²) in [5, 5.41) is 10.7. The van der Waals surface area contributed by atoms with Crippen molar-refractivity contribution < 1.29 is 33.7 Å². The summed E-state index contributed by atoms with van der Waals surface area (Å²) in [6, 6.07) is 12.8. The lowest BCUT2D eigenvalue weighted by Gasteiger charge is -2.27. The van der Waals surface area contributed by atoms with Gasteiger partial charge < -0.3 is 29.1 Å². The maximum atomic E-state index is 13.6. The summed E-state index contributed by atoms with van der Waals surface area (Å²) in [5.74, 6) is -0.157. The number of imide groups is 1. The Morgan fingerprint density at radius 3 is 2.40 bits per heavy atom. The van der Waals surface area contributed by atoms with Gasteiger partial charge in [0.2, 0.25) is 0 Å². The van der Waals surface area contributed by atoms with Gasteiger partial charge in [-0.05, 0) is 43.2 Å². The van der Waals surface area contributed by atoms with Gasteiger partial charge in [0, 0.05) is 25.2 Å². The number of nitrogens with one attached hydrogen (secondary N) is 1. The smallest absolute Gasteiger partial charge is 0.416 e. The van der Waals surface area contributed by atoms with Gasteiger partial charge in [0.1, 0.15) is 0 Å². The van der Waals surface area contributed by atoms with Crippen LogP contribution in [0.1, 0.15) is 23.2 Å². The molecule has 0 spiro atoms. The number of anilines is 3. The maximum Gasteiger partial charge on any atom is 0.416 e. The lowest BCUT2D eigenvalue weighted by atomic mass is 10.1. The molecule has 2 N–H and O–H groups in total. The van der Waals surface area contributed by atoms with Crippen LogP contribution >= 0.6 is 11.6 Å². The highest BCUT2D eigenvalue weighted by Crippen LogP contribution is 2.41. The van der Waals surface area contributed by atoms with Gasteiger partial charge in [0.25, 0.3) is 5.91 Å². The molecule has 1 aliphatic heterocycles. The van der Waals surface area contributed by atoms with Crippen LogP contribution in [-0.4, -0.2) is 69.8 Å². The molecule has 0 fully saturated rings. The first kappa shape index (κ1) is 26.3. The summed E-state index contributed by atoms with van der Waals surface area (Å²) in [6.07, 6.45) is -1.38. The summed E-state index contributed by atoms with van der Waals surface area (Å²) in [4.78, 5) is 39.1. The maximum absolute atomic E-state index is 13.6. The van der Waals surface area contributed by atoms with E-state index in [4.69, 9.17) is 30.9 Å². The van der Waals surface area contributed by atoms with E-state index in [0.717, 1.165) is 11.4 Å². The minimum atomic E-state index is -1.47. The predicted molar refractivity (Wildman–Crippen MR) is 131 cm³/mol. The number of carbonyl (C=O) groups is 3. The molecule has 0 aromatic heterocycles. The number of fused-ring (bicyclic) bond motifs is 2. The van der Waals surface area contributed by atoms with Crippen molar-refractivity contribution in [3.05, 3.63) is 53.1 Å². The van der Waals surface area contributed by atoms with Crippen LogP contribution in [0.3, 0.4) is 0 Å². The molecule has 10 nitrogen and oxygen atoms in total. The fourth-order valence-electron chi connectivity index (χ4n) is 3.74. The van der Waals surface area contributed by atoms with Gasteiger partial charge in [-0.3, -0.25) is 4.79 Å². The van der Waals surface area contributed by atoms with Crippen LogP contribution in [0.15, 0.2) is 42.5 Å². The molecule has 35 heavy (non-hydrogen) atoms. The van der Waals surface area contributed by atoms with E-state index in [9.17, 15) is 14.4 Å². The van der Waals surface area contributed by atoms with E-state index < -0.39 is 12.2 Å². The highest BCUT2D eigenvalue weighted by atomic mass is 35.5. The molecule has 0 atom stereocenters. The Morgan fingerprint density at radius 1 is 0.943 bits per heavy atom. The van der Waals surface area contributed by atoms with Crippen molar-refractivity contribution >= 4 is 46.8 Å². The second kappa shape index (κ2) is 12.9. The Balaban J connectivity index is 1.80. The van der Waals surface area contributed by atoms with Crippen molar-refractivity contribution in [1.29, 1.82) is 0 Å². The van der Waals surface area contributed by atoms with Crippen molar-refractivity contribution in [3.8, 4) is 0 Å². The summed E-state index contributed by atoms with van der Waals surface area (Å²) in [6.45, 7) is 2.19. The summed E-state index contributed by atoms with van der Waals surface area (Å²) in [5.41, 5.74) is 2.78. The van der Waals surface area contributed by atoms with Gasteiger partial charge in [-0.2, -0.15) is 0 Å². The van der Waals surface area contributed by atoms with Crippen LogP contribution in [-0.2, 0) is 14.2 Å². The number of rotatable bonds is 11. The molecule has 1 heterocycles. The van der Waals surface area contributed by atoms with Gasteiger partial charge in [-0.25, -0.2) is 14.9 Å². The average molecular weight is 506 g/mol. The van der Waals surface area contributed by atoms with E-state index in [0.29, 0.717) is 62.0 Å². The van der Waals surface area contributed by atoms with Crippen LogP contribution in [0.4, 0.5) is 26.7 Å². The molecule has 0 aliphatic carbocycles. The minimum Gasteiger partial charge on any atom is -0.465 e. The van der Waals surface area contributed by atoms with E-state index >= 15 is 0 Å². The third-order valence-corrected chi connectivity index (χ3v) is 5.53. The van der Waals surface area contributed by atoms with Gasteiger partial charge >= 0.3 is 12.2 Å². The number of benzene rings is 2. The third-order valence-electron chi connectivity index (χ3n) is 5.30. The number of nitrogens with zero attached hydrogens (tertiary/aromatic N) is 2. The molecular weight excluding hydrogens is 478 g/mol. The van der Waals surface area contributed by atoms with Crippen molar-refractivity contribution in [1.82, 2.24) is 5.32 Å². The summed E-state index contributed by atoms with van der Waals surface area (Å²) in [7, 11) is 1.60. The Hall–Kier alpha value is -3.34. The zero-order chi connectivity index (χ0) is 25.2. The zero-order valence-corrected chi connectivity index (χ0v) is 20.1. The molecule has 11 heteroatoms. The molecule has 0 bridgehead atoms. The molecule has 3 amide bonds. The van der Waals surface area contributed by atoms with Crippen LogP contribution in [0.2, 0.25) is 5.02 Å². The van der Waals surface area contributed by atoms with E-state index in [1.165, 1.54) is 0 Å². The molecular formula is C24H28ClN3O7. The van der Waals surface area contributed by atoms with Crippen LogP contribution in [0, 0.1) is 0 Å². The quantitative estimate of drug-likeness (QED) is 0.434.